The van der Waals surface area contributed by atoms with Gasteiger partial charge in [0.05, 0.1) is 11.2 Å². The normalized spacial score (nSPS) is 19.8. The summed E-state index contributed by atoms with van der Waals surface area (Å²) < 4.78 is 0. The van der Waals surface area contributed by atoms with Crippen LogP contribution in [0.5, 0.6) is 0 Å². The van der Waals surface area contributed by atoms with E-state index in [4.69, 9.17) is 4.98 Å². The van der Waals surface area contributed by atoms with Gasteiger partial charge in [-0.25, -0.2) is 4.98 Å². The van der Waals surface area contributed by atoms with E-state index in [-0.39, 0.29) is 5.54 Å². The highest BCUT2D eigenvalue weighted by Crippen LogP contribution is 2.39. The van der Waals surface area contributed by atoms with Gasteiger partial charge in [0.25, 0.3) is 0 Å². The second kappa shape index (κ2) is 5.29. The standard InChI is InChI=1S/C13H22N2S2/c1-9(2)15-13(5-7-16-8-6-13)12-14-10(3)11(4)17-12/h9,15H,5-8H2,1-4H3. The Balaban J connectivity index is 2.31. The summed E-state index contributed by atoms with van der Waals surface area (Å²) in [4.78, 5) is 6.17. The first-order chi connectivity index (χ1) is 8.03. The van der Waals surface area contributed by atoms with Crippen LogP contribution in [-0.4, -0.2) is 22.5 Å². The fraction of sp³-hybridized carbons (Fsp3) is 0.769. The molecule has 4 heteroatoms. The molecule has 2 heterocycles. The van der Waals surface area contributed by atoms with Gasteiger partial charge in [0.1, 0.15) is 5.01 Å². The van der Waals surface area contributed by atoms with Crippen molar-refractivity contribution in [3.05, 3.63) is 15.6 Å². The van der Waals surface area contributed by atoms with Crippen molar-refractivity contribution in [1.82, 2.24) is 10.3 Å². The minimum absolute atomic E-state index is 0.142. The van der Waals surface area contributed by atoms with Crippen molar-refractivity contribution in [3.8, 4) is 0 Å². The number of thiazole rings is 1. The van der Waals surface area contributed by atoms with Crippen LogP contribution < -0.4 is 5.32 Å². The second-order valence-corrected chi connectivity index (χ2v) is 7.58. The first-order valence-electron chi connectivity index (χ1n) is 6.33. The molecule has 2 nitrogen and oxygen atoms in total. The molecule has 17 heavy (non-hydrogen) atoms. The average Bonchev–Trinajstić information content (AvgIpc) is 2.60. The zero-order valence-corrected chi connectivity index (χ0v) is 12.8. The molecule has 0 atom stereocenters. The summed E-state index contributed by atoms with van der Waals surface area (Å²) in [5.74, 6) is 2.49. The van der Waals surface area contributed by atoms with Gasteiger partial charge >= 0.3 is 0 Å². The van der Waals surface area contributed by atoms with E-state index in [9.17, 15) is 0 Å². The predicted octanol–water partition coefficient (Wildman–Crippen LogP) is 3.48. The van der Waals surface area contributed by atoms with Crippen LogP contribution in [0, 0.1) is 13.8 Å². The Morgan fingerprint density at radius 1 is 1.24 bits per heavy atom. The fourth-order valence-electron chi connectivity index (χ4n) is 2.37. The van der Waals surface area contributed by atoms with Crippen molar-refractivity contribution in [3.63, 3.8) is 0 Å². The molecule has 1 aromatic rings. The third kappa shape index (κ3) is 2.85. The molecule has 1 saturated heterocycles. The highest BCUT2D eigenvalue weighted by molar-refractivity contribution is 7.99. The molecular formula is C13H22N2S2. The van der Waals surface area contributed by atoms with Gasteiger partial charge in [-0.3, -0.25) is 0 Å². The van der Waals surface area contributed by atoms with Gasteiger partial charge in [0.2, 0.25) is 0 Å². The predicted molar refractivity (Wildman–Crippen MR) is 78.1 cm³/mol. The van der Waals surface area contributed by atoms with Gasteiger partial charge in [-0.1, -0.05) is 0 Å². The number of rotatable bonds is 3. The fourth-order valence-corrected chi connectivity index (χ4v) is 4.68. The van der Waals surface area contributed by atoms with E-state index in [1.54, 1.807) is 0 Å². The van der Waals surface area contributed by atoms with Crippen LogP contribution in [-0.2, 0) is 5.54 Å². The molecule has 0 unspecified atom stereocenters. The van der Waals surface area contributed by atoms with Crippen molar-refractivity contribution >= 4 is 23.1 Å². The van der Waals surface area contributed by atoms with Crippen molar-refractivity contribution in [1.29, 1.82) is 0 Å². The summed E-state index contributed by atoms with van der Waals surface area (Å²) in [6.07, 6.45) is 2.42. The number of aryl methyl sites for hydroxylation is 2. The zero-order chi connectivity index (χ0) is 12.5. The minimum Gasteiger partial charge on any atom is -0.303 e. The third-order valence-corrected chi connectivity index (χ3v) is 5.61. The molecule has 0 bridgehead atoms. The molecule has 0 aromatic carbocycles. The SMILES string of the molecule is Cc1nc(C2(NC(C)C)CCSCC2)sc1C. The van der Waals surface area contributed by atoms with Gasteiger partial charge in [-0.05, 0) is 52.0 Å². The Morgan fingerprint density at radius 2 is 1.88 bits per heavy atom. The van der Waals surface area contributed by atoms with Gasteiger partial charge in [-0.15, -0.1) is 11.3 Å². The van der Waals surface area contributed by atoms with Crippen LogP contribution in [0.4, 0.5) is 0 Å². The molecule has 2 rings (SSSR count). The van der Waals surface area contributed by atoms with E-state index in [1.165, 1.54) is 39.9 Å². The Kier molecular flexibility index (Phi) is 4.16. The number of aromatic nitrogens is 1. The number of nitrogens with one attached hydrogen (secondary N) is 1. The average molecular weight is 270 g/mol. The van der Waals surface area contributed by atoms with E-state index in [1.807, 2.05) is 11.3 Å². The lowest BCUT2D eigenvalue weighted by atomic mass is 9.92. The van der Waals surface area contributed by atoms with E-state index in [0.29, 0.717) is 6.04 Å². The highest BCUT2D eigenvalue weighted by atomic mass is 32.2. The van der Waals surface area contributed by atoms with Gasteiger partial charge < -0.3 is 5.32 Å². The first-order valence-corrected chi connectivity index (χ1v) is 8.30. The van der Waals surface area contributed by atoms with Crippen LogP contribution >= 0.6 is 23.1 Å². The van der Waals surface area contributed by atoms with Crippen LogP contribution in [0.2, 0.25) is 0 Å². The summed E-state index contributed by atoms with van der Waals surface area (Å²) in [6, 6.07) is 0.516. The van der Waals surface area contributed by atoms with Crippen molar-refractivity contribution in [2.45, 2.75) is 52.1 Å². The minimum atomic E-state index is 0.142. The summed E-state index contributed by atoms with van der Waals surface area (Å²) in [5.41, 5.74) is 1.34. The molecule has 1 aliphatic heterocycles. The Morgan fingerprint density at radius 3 is 2.35 bits per heavy atom. The van der Waals surface area contributed by atoms with Crippen LogP contribution in [0.1, 0.15) is 42.3 Å². The van der Waals surface area contributed by atoms with Crippen LogP contribution in [0.25, 0.3) is 0 Å². The summed E-state index contributed by atoms with van der Waals surface area (Å²) >= 11 is 3.95. The highest BCUT2D eigenvalue weighted by Gasteiger charge is 2.37. The summed E-state index contributed by atoms with van der Waals surface area (Å²) in [5, 5.41) is 5.09. The van der Waals surface area contributed by atoms with E-state index in [0.717, 1.165) is 0 Å². The number of hydrogen-bond acceptors (Lipinski definition) is 4. The lowest BCUT2D eigenvalue weighted by molar-refractivity contribution is 0.281. The van der Waals surface area contributed by atoms with Gasteiger partial charge in [0, 0.05) is 10.9 Å². The van der Waals surface area contributed by atoms with E-state index >= 15 is 0 Å². The first kappa shape index (κ1) is 13.4. The monoisotopic (exact) mass is 270 g/mol. The van der Waals surface area contributed by atoms with Crippen LogP contribution in [0.15, 0.2) is 0 Å². The molecule has 0 saturated carbocycles. The number of nitrogens with zero attached hydrogens (tertiary/aromatic N) is 1. The summed E-state index contributed by atoms with van der Waals surface area (Å²) in [6.45, 7) is 8.76. The van der Waals surface area contributed by atoms with Gasteiger partial charge in [-0.2, -0.15) is 11.8 Å². The Hall–Kier alpha value is -0.0600. The Bertz CT molecular complexity index is 359. The van der Waals surface area contributed by atoms with Crippen LogP contribution in [0.3, 0.4) is 0 Å². The number of hydrogen-bond donors (Lipinski definition) is 1. The third-order valence-electron chi connectivity index (χ3n) is 3.35. The maximum atomic E-state index is 4.81. The quantitative estimate of drug-likeness (QED) is 0.910. The lowest BCUT2D eigenvalue weighted by Crippen LogP contribution is -2.48. The molecule has 0 amide bonds. The van der Waals surface area contributed by atoms with E-state index < -0.39 is 0 Å². The maximum absolute atomic E-state index is 4.81. The molecule has 0 radical (unpaired) electrons. The Labute approximate surface area is 113 Å². The van der Waals surface area contributed by atoms with Crippen molar-refractivity contribution < 1.29 is 0 Å². The maximum Gasteiger partial charge on any atom is 0.113 e. The molecule has 1 fully saturated rings. The van der Waals surface area contributed by atoms with Crippen molar-refractivity contribution in [2.75, 3.05) is 11.5 Å². The van der Waals surface area contributed by atoms with Gasteiger partial charge in [0.15, 0.2) is 0 Å². The smallest absolute Gasteiger partial charge is 0.113 e. The van der Waals surface area contributed by atoms with E-state index in [2.05, 4.69) is 44.8 Å². The lowest BCUT2D eigenvalue weighted by Gasteiger charge is -2.38. The van der Waals surface area contributed by atoms with Crippen molar-refractivity contribution in [2.24, 2.45) is 0 Å². The largest absolute Gasteiger partial charge is 0.303 e. The molecule has 0 aliphatic carbocycles. The zero-order valence-electron chi connectivity index (χ0n) is 11.2. The molecular weight excluding hydrogens is 248 g/mol. The number of thioether (sulfide) groups is 1. The molecule has 1 aliphatic rings. The summed E-state index contributed by atoms with van der Waals surface area (Å²) in [7, 11) is 0. The second-order valence-electron chi connectivity index (χ2n) is 5.15. The topological polar surface area (TPSA) is 24.9 Å². The molecule has 1 aromatic heterocycles. The molecule has 1 N–H and O–H groups in total. The molecule has 0 spiro atoms. The molecule has 96 valence electrons.